The van der Waals surface area contributed by atoms with Gasteiger partial charge in [0.1, 0.15) is 34.0 Å². The predicted molar refractivity (Wildman–Crippen MR) is 131 cm³/mol. The van der Waals surface area contributed by atoms with E-state index < -0.39 is 28.5 Å². The van der Waals surface area contributed by atoms with Crippen molar-refractivity contribution in [3.63, 3.8) is 0 Å². The summed E-state index contributed by atoms with van der Waals surface area (Å²) in [6.45, 7) is 5.88. The van der Waals surface area contributed by atoms with Gasteiger partial charge in [0.2, 0.25) is 5.91 Å². The van der Waals surface area contributed by atoms with E-state index >= 15 is 0 Å². The number of ketones is 3. The van der Waals surface area contributed by atoms with Crippen LogP contribution in [-0.4, -0.2) is 40.0 Å². The Kier molecular flexibility index (Phi) is 6.17. The van der Waals surface area contributed by atoms with E-state index in [4.69, 9.17) is 4.74 Å². The first-order chi connectivity index (χ1) is 17.0. The average molecular weight is 491 g/mol. The monoisotopic (exact) mass is 490 g/mol. The third kappa shape index (κ3) is 3.82. The summed E-state index contributed by atoms with van der Waals surface area (Å²) in [5.41, 5.74) is -0.911. The lowest BCUT2D eigenvalue weighted by molar-refractivity contribution is -0.123. The Morgan fingerprint density at radius 2 is 1.72 bits per heavy atom. The number of carbonyl (C=O) groups excluding carboxylic acids is 4. The molecule has 0 bridgehead atoms. The van der Waals surface area contributed by atoms with Gasteiger partial charge in [-0.05, 0) is 39.8 Å². The number of para-hydroxylation sites is 1. The number of amides is 1. The smallest absolute Gasteiger partial charge is 0.226 e. The highest BCUT2D eigenvalue weighted by atomic mass is 16.5. The van der Waals surface area contributed by atoms with Crippen LogP contribution in [0.5, 0.6) is 17.2 Å². The first-order valence-electron chi connectivity index (χ1n) is 11.4. The number of hydrogen-bond acceptors (Lipinski definition) is 8. The highest BCUT2D eigenvalue weighted by Crippen LogP contribution is 2.57. The zero-order chi connectivity index (χ0) is 26.4. The van der Waals surface area contributed by atoms with E-state index in [0.717, 1.165) is 6.08 Å². The van der Waals surface area contributed by atoms with Gasteiger partial charge >= 0.3 is 0 Å². The minimum atomic E-state index is -1.58. The van der Waals surface area contributed by atoms with Crippen molar-refractivity contribution in [2.75, 3.05) is 11.9 Å². The van der Waals surface area contributed by atoms with Crippen molar-refractivity contribution in [3.05, 3.63) is 70.1 Å². The highest BCUT2D eigenvalue weighted by Gasteiger charge is 2.56. The molecule has 0 unspecified atom stereocenters. The molecule has 0 saturated heterocycles. The predicted octanol–water partition coefficient (Wildman–Crippen LogP) is 3.19. The van der Waals surface area contributed by atoms with E-state index in [0.29, 0.717) is 5.69 Å². The fourth-order valence-electron chi connectivity index (χ4n) is 4.56. The Hall–Kier alpha value is -4.40. The molecule has 0 radical (unpaired) electrons. The normalized spacial score (nSPS) is 19.6. The molecule has 9 heteroatoms. The molecule has 0 fully saturated rings. The van der Waals surface area contributed by atoms with Gasteiger partial charge in [-0.1, -0.05) is 18.2 Å². The van der Waals surface area contributed by atoms with E-state index in [2.05, 4.69) is 10.6 Å². The molecule has 0 aromatic heterocycles. The summed E-state index contributed by atoms with van der Waals surface area (Å²) in [6.07, 6.45) is 1.24. The van der Waals surface area contributed by atoms with Crippen molar-refractivity contribution < 1.29 is 34.1 Å². The number of rotatable bonds is 6. The van der Waals surface area contributed by atoms with Crippen molar-refractivity contribution in [2.24, 2.45) is 0 Å². The van der Waals surface area contributed by atoms with Crippen LogP contribution >= 0.6 is 0 Å². The number of Topliss-reactive ketones (excluding diaryl/α,β-unsaturated/α-hetero) is 2. The van der Waals surface area contributed by atoms with Gasteiger partial charge in [-0.2, -0.15) is 0 Å². The van der Waals surface area contributed by atoms with Crippen LogP contribution in [0.15, 0.2) is 53.4 Å². The first kappa shape index (κ1) is 24.7. The van der Waals surface area contributed by atoms with Gasteiger partial charge in [0.15, 0.2) is 17.3 Å². The van der Waals surface area contributed by atoms with Crippen molar-refractivity contribution >= 4 is 28.9 Å². The zero-order valence-electron chi connectivity index (χ0n) is 20.3. The molecule has 1 aliphatic carbocycles. The number of aromatic hydroxyl groups is 2. The van der Waals surface area contributed by atoms with Gasteiger partial charge in [-0.3, -0.25) is 19.2 Å². The van der Waals surface area contributed by atoms with E-state index in [9.17, 15) is 29.4 Å². The molecule has 0 spiro atoms. The summed E-state index contributed by atoms with van der Waals surface area (Å²) >= 11 is 0. The van der Waals surface area contributed by atoms with Crippen LogP contribution in [0.3, 0.4) is 0 Å². The number of fused-ring (bicyclic) bond motifs is 3. The molecular weight excluding hydrogens is 464 g/mol. The molecule has 9 nitrogen and oxygen atoms in total. The molecule has 36 heavy (non-hydrogen) atoms. The number of nitrogens with one attached hydrogen (secondary N) is 2. The number of phenols is 2. The largest absolute Gasteiger partial charge is 0.507 e. The maximum Gasteiger partial charge on any atom is 0.226 e. The lowest BCUT2D eigenvalue weighted by Gasteiger charge is -2.29. The van der Waals surface area contributed by atoms with Crippen LogP contribution in [0.2, 0.25) is 0 Å². The van der Waals surface area contributed by atoms with E-state index in [1.165, 1.54) is 20.8 Å². The molecule has 1 aliphatic heterocycles. The second-order valence-electron chi connectivity index (χ2n) is 8.98. The standard InChI is InChI=1S/C27H26N2O7/c1-13-23(33)21(15(3)30)25-22(24(13)34)27(4)18(36-25)12-17(31)20(26(27)35)14(2)28-11-10-19(32)29-16-8-6-5-7-9-16/h5-9,12,28,33-34H,10-11H2,1-4H3,(H,29,32)/t27-/m0/s1. The molecule has 1 heterocycles. The molecule has 186 valence electrons. The summed E-state index contributed by atoms with van der Waals surface area (Å²) < 4.78 is 5.74. The molecule has 1 amide bonds. The number of ether oxygens (including phenoxy) is 1. The van der Waals surface area contributed by atoms with Crippen LogP contribution in [0.1, 0.15) is 48.7 Å². The number of carbonyl (C=O) groups is 4. The molecular formula is C27H26N2O7. The molecule has 1 atom stereocenters. The topological polar surface area (TPSA) is 142 Å². The van der Waals surface area contributed by atoms with Crippen LogP contribution in [-0.2, 0) is 19.8 Å². The minimum Gasteiger partial charge on any atom is -0.507 e. The summed E-state index contributed by atoms with van der Waals surface area (Å²) in [4.78, 5) is 51.1. The van der Waals surface area contributed by atoms with Crippen LogP contribution < -0.4 is 15.4 Å². The Morgan fingerprint density at radius 3 is 2.36 bits per heavy atom. The lowest BCUT2D eigenvalue weighted by atomic mass is 9.70. The summed E-state index contributed by atoms with van der Waals surface area (Å²) in [5, 5.41) is 27.0. The summed E-state index contributed by atoms with van der Waals surface area (Å²) in [6, 6.07) is 8.96. The molecule has 4 N–H and O–H groups in total. The van der Waals surface area contributed by atoms with Crippen molar-refractivity contribution in [2.45, 2.75) is 39.5 Å². The van der Waals surface area contributed by atoms with Crippen LogP contribution in [0.4, 0.5) is 5.69 Å². The minimum absolute atomic E-state index is 0.0271. The SMILES string of the molecule is CC(=O)c1c(O)c(C)c(O)c2c1OC1=CC(=O)C(=C(C)NCCC(=O)Nc3ccccc3)C(=O)[C@@]12C. The van der Waals surface area contributed by atoms with Gasteiger partial charge in [0.05, 0.1) is 11.1 Å². The molecule has 4 rings (SSSR count). The lowest BCUT2D eigenvalue weighted by Crippen LogP contribution is -2.41. The van der Waals surface area contributed by atoms with Gasteiger partial charge in [0, 0.05) is 36.0 Å². The Morgan fingerprint density at radius 1 is 1.06 bits per heavy atom. The third-order valence-corrected chi connectivity index (χ3v) is 6.56. The number of allylic oxidation sites excluding steroid dienone is 4. The summed E-state index contributed by atoms with van der Waals surface area (Å²) in [5.74, 6) is -2.99. The first-order valence-corrected chi connectivity index (χ1v) is 11.4. The number of hydrogen-bond donors (Lipinski definition) is 4. The van der Waals surface area contributed by atoms with Gasteiger partial charge in [-0.15, -0.1) is 0 Å². The average Bonchev–Trinajstić information content (AvgIpc) is 3.11. The number of phenolic OH excluding ortho intramolecular Hbond substituents is 2. The van der Waals surface area contributed by atoms with Crippen molar-refractivity contribution in [1.29, 1.82) is 0 Å². The van der Waals surface area contributed by atoms with Crippen molar-refractivity contribution in [1.82, 2.24) is 5.32 Å². The van der Waals surface area contributed by atoms with E-state index in [1.807, 2.05) is 6.07 Å². The van der Waals surface area contributed by atoms with E-state index in [1.54, 1.807) is 31.2 Å². The van der Waals surface area contributed by atoms with Gasteiger partial charge < -0.3 is 25.6 Å². The maximum absolute atomic E-state index is 13.7. The third-order valence-electron chi connectivity index (χ3n) is 6.56. The zero-order valence-corrected chi connectivity index (χ0v) is 20.3. The van der Waals surface area contributed by atoms with Crippen LogP contribution in [0.25, 0.3) is 0 Å². The van der Waals surface area contributed by atoms with Crippen LogP contribution in [0, 0.1) is 6.92 Å². The fraction of sp³-hybridized carbons (Fsp3) is 0.259. The number of benzene rings is 2. The second-order valence-corrected chi connectivity index (χ2v) is 8.98. The number of anilines is 1. The quantitative estimate of drug-likeness (QED) is 0.275. The fourth-order valence-corrected chi connectivity index (χ4v) is 4.56. The highest BCUT2D eigenvalue weighted by molar-refractivity contribution is 6.31. The Bertz CT molecular complexity index is 1390. The van der Waals surface area contributed by atoms with Crippen molar-refractivity contribution in [3.8, 4) is 17.2 Å². The van der Waals surface area contributed by atoms with E-state index in [-0.39, 0.29) is 64.1 Å². The Balaban J connectivity index is 1.63. The van der Waals surface area contributed by atoms with Gasteiger partial charge in [-0.25, -0.2) is 0 Å². The second kappa shape index (κ2) is 8.99. The Labute approximate surface area is 207 Å². The van der Waals surface area contributed by atoms with Gasteiger partial charge in [0.25, 0.3) is 0 Å². The maximum atomic E-state index is 13.7. The summed E-state index contributed by atoms with van der Waals surface area (Å²) in [7, 11) is 0. The molecule has 2 aromatic rings. The molecule has 2 aliphatic rings. The molecule has 2 aromatic carbocycles. The molecule has 0 saturated carbocycles.